The van der Waals surface area contributed by atoms with E-state index in [-0.39, 0.29) is 6.42 Å². The number of alkyl halides is 2. The van der Waals surface area contributed by atoms with Gasteiger partial charge in [0.25, 0.3) is 0 Å². The van der Waals surface area contributed by atoms with Gasteiger partial charge in [-0.2, -0.15) is 0 Å². The molecule has 0 rings (SSSR count). The van der Waals surface area contributed by atoms with Gasteiger partial charge < -0.3 is 0 Å². The summed E-state index contributed by atoms with van der Waals surface area (Å²) in [4.78, 5) is 0. The van der Waals surface area contributed by atoms with E-state index in [4.69, 9.17) is 0 Å². The Bertz CT molecular complexity index is 141. The molecule has 0 atom stereocenters. The van der Waals surface area contributed by atoms with Crippen molar-refractivity contribution in [3.63, 3.8) is 0 Å². The lowest BCUT2D eigenvalue weighted by Crippen LogP contribution is -2.07. The highest BCUT2D eigenvalue weighted by molar-refractivity contribution is 5.01. The molecule has 0 aromatic carbocycles. The van der Waals surface area contributed by atoms with Crippen LogP contribution in [0.4, 0.5) is 8.78 Å². The molecule has 0 aromatic rings. The van der Waals surface area contributed by atoms with E-state index in [1.807, 2.05) is 34.6 Å². The summed E-state index contributed by atoms with van der Waals surface area (Å²) in [7, 11) is 0. The van der Waals surface area contributed by atoms with Gasteiger partial charge in [-0.25, -0.2) is 8.78 Å². The van der Waals surface area contributed by atoms with Crippen molar-refractivity contribution in [2.75, 3.05) is 0 Å². The number of allylic oxidation sites excluding steroid dienone is 2. The maximum absolute atomic E-state index is 12.3. The number of halogens is 2. The van der Waals surface area contributed by atoms with Crippen LogP contribution in [-0.4, -0.2) is 5.92 Å². The van der Waals surface area contributed by atoms with Crippen LogP contribution in [-0.2, 0) is 0 Å². The summed E-state index contributed by atoms with van der Waals surface area (Å²) < 4.78 is 24.6. The van der Waals surface area contributed by atoms with Gasteiger partial charge in [0.1, 0.15) is 0 Å². The average Bonchev–Trinajstić information content (AvgIpc) is 2.02. The van der Waals surface area contributed by atoms with Crippen molar-refractivity contribution < 1.29 is 8.78 Å². The molecule has 0 nitrogen and oxygen atoms in total. The largest absolute Gasteiger partial charge is 0.248 e. The monoisotopic (exact) mass is 192 g/mol. The van der Waals surface area contributed by atoms with Crippen molar-refractivity contribution in [2.45, 2.75) is 53.9 Å². The van der Waals surface area contributed by atoms with E-state index in [2.05, 4.69) is 0 Å². The molecule has 0 aliphatic carbocycles. The third-order valence-corrected chi connectivity index (χ3v) is 1.69. The van der Waals surface area contributed by atoms with Crippen molar-refractivity contribution >= 4 is 0 Å². The molecule has 80 valence electrons. The Morgan fingerprint density at radius 1 is 1.31 bits per heavy atom. The maximum Gasteiger partial charge on any atom is 0.248 e. The van der Waals surface area contributed by atoms with Crippen LogP contribution in [0, 0.1) is 5.92 Å². The third-order valence-electron chi connectivity index (χ3n) is 1.69. The maximum atomic E-state index is 12.3. The fourth-order valence-corrected chi connectivity index (χ4v) is 0.576. The van der Waals surface area contributed by atoms with Gasteiger partial charge >= 0.3 is 0 Å². The highest BCUT2D eigenvalue weighted by Gasteiger charge is 2.18. The summed E-state index contributed by atoms with van der Waals surface area (Å²) in [5.74, 6) is -2.19. The van der Waals surface area contributed by atoms with E-state index in [0.29, 0.717) is 5.92 Å². The van der Waals surface area contributed by atoms with Crippen LogP contribution in [0.15, 0.2) is 11.6 Å². The van der Waals surface area contributed by atoms with Crippen LogP contribution in [0.25, 0.3) is 0 Å². The molecule has 13 heavy (non-hydrogen) atoms. The summed E-state index contributed by atoms with van der Waals surface area (Å²) in [6.45, 7) is 10.8. The van der Waals surface area contributed by atoms with Gasteiger partial charge in [-0.15, -0.1) is 0 Å². The van der Waals surface area contributed by atoms with Gasteiger partial charge in [-0.1, -0.05) is 39.3 Å². The van der Waals surface area contributed by atoms with E-state index in [1.165, 1.54) is 0 Å². The molecule has 0 aliphatic heterocycles. The molecule has 0 N–H and O–H groups in total. The smallest absolute Gasteiger partial charge is 0.207 e. The Hall–Kier alpha value is -0.400. The second kappa shape index (κ2) is 7.05. The summed E-state index contributed by atoms with van der Waals surface area (Å²) in [5.41, 5.74) is 1.03. The first-order chi connectivity index (χ1) is 5.83. The second-order valence-corrected chi connectivity index (χ2v) is 3.38. The molecule has 2 heteroatoms. The minimum absolute atomic E-state index is 0.142. The first kappa shape index (κ1) is 15.1. The zero-order valence-corrected chi connectivity index (χ0v) is 9.62. The first-order valence-electron chi connectivity index (χ1n) is 4.87. The van der Waals surface area contributed by atoms with Gasteiger partial charge in [-0.05, 0) is 19.8 Å². The van der Waals surface area contributed by atoms with E-state index in [9.17, 15) is 8.78 Å². The Balaban J connectivity index is 0. The lowest BCUT2D eigenvalue weighted by Gasteiger charge is -2.09. The van der Waals surface area contributed by atoms with Gasteiger partial charge in [-0.3, -0.25) is 0 Å². The second-order valence-electron chi connectivity index (χ2n) is 3.38. The van der Waals surface area contributed by atoms with Crippen LogP contribution >= 0.6 is 0 Å². The van der Waals surface area contributed by atoms with Gasteiger partial charge in [0.2, 0.25) is 5.92 Å². The fraction of sp³-hybridized carbons (Fsp3) is 0.818. The zero-order valence-electron chi connectivity index (χ0n) is 9.62. The molecular weight excluding hydrogens is 170 g/mol. The van der Waals surface area contributed by atoms with Crippen molar-refractivity contribution in [1.29, 1.82) is 0 Å². The lowest BCUT2D eigenvalue weighted by atomic mass is 10.0. The minimum atomic E-state index is -2.56. The average molecular weight is 192 g/mol. The molecule has 0 fully saturated rings. The van der Waals surface area contributed by atoms with Crippen LogP contribution in [0.3, 0.4) is 0 Å². The highest BCUT2D eigenvalue weighted by Crippen LogP contribution is 2.19. The standard InChI is InChI=1S/C9H16F2.C2H6/c1-7(2)8(3)5-6-9(4,10)11;1-2/h5,7H,6H2,1-4H3;1-2H3/b8-5+;. The topological polar surface area (TPSA) is 0 Å². The van der Waals surface area contributed by atoms with Crippen molar-refractivity contribution in [1.82, 2.24) is 0 Å². The third kappa shape index (κ3) is 11.6. The Labute approximate surface area is 81.0 Å². The quantitative estimate of drug-likeness (QED) is 0.570. The first-order valence-corrected chi connectivity index (χ1v) is 4.87. The molecule has 0 amide bonds. The SMILES string of the molecule is C/C(=C\CC(C)(F)F)C(C)C.CC. The van der Waals surface area contributed by atoms with Crippen molar-refractivity contribution in [3.05, 3.63) is 11.6 Å². The Morgan fingerprint density at radius 2 is 1.69 bits per heavy atom. The molecule has 0 unspecified atom stereocenters. The van der Waals surface area contributed by atoms with E-state index >= 15 is 0 Å². The molecule has 0 saturated heterocycles. The normalized spacial score (nSPS) is 12.5. The van der Waals surface area contributed by atoms with Gasteiger partial charge in [0.15, 0.2) is 0 Å². The molecular formula is C11H22F2. The summed E-state index contributed by atoms with van der Waals surface area (Å²) >= 11 is 0. The summed E-state index contributed by atoms with van der Waals surface area (Å²) in [6, 6.07) is 0. The number of hydrogen-bond acceptors (Lipinski definition) is 0. The fourth-order valence-electron chi connectivity index (χ4n) is 0.576. The van der Waals surface area contributed by atoms with Gasteiger partial charge in [0.05, 0.1) is 0 Å². The van der Waals surface area contributed by atoms with E-state index in [1.54, 1.807) is 6.08 Å². The molecule has 0 saturated carbocycles. The lowest BCUT2D eigenvalue weighted by molar-refractivity contribution is 0.0252. The van der Waals surface area contributed by atoms with Crippen LogP contribution in [0.2, 0.25) is 0 Å². The van der Waals surface area contributed by atoms with E-state index < -0.39 is 5.92 Å². The number of rotatable bonds is 3. The van der Waals surface area contributed by atoms with Crippen molar-refractivity contribution in [3.8, 4) is 0 Å². The minimum Gasteiger partial charge on any atom is -0.207 e. The van der Waals surface area contributed by atoms with E-state index in [0.717, 1.165) is 12.5 Å². The molecule has 0 spiro atoms. The highest BCUT2D eigenvalue weighted by atomic mass is 19.3. The molecule has 0 aromatic heterocycles. The molecule has 0 aliphatic rings. The molecule has 0 heterocycles. The number of hydrogen-bond donors (Lipinski definition) is 0. The molecule has 0 bridgehead atoms. The molecule has 0 radical (unpaired) electrons. The predicted molar refractivity (Wildman–Crippen MR) is 55.2 cm³/mol. The van der Waals surface area contributed by atoms with Crippen LogP contribution < -0.4 is 0 Å². The summed E-state index contributed by atoms with van der Waals surface area (Å²) in [5, 5.41) is 0. The Morgan fingerprint density at radius 3 is 1.92 bits per heavy atom. The van der Waals surface area contributed by atoms with Gasteiger partial charge in [0, 0.05) is 6.42 Å². The predicted octanol–water partition coefficient (Wildman–Crippen LogP) is 4.66. The Kier molecular flexibility index (Phi) is 8.18. The van der Waals surface area contributed by atoms with Crippen molar-refractivity contribution in [2.24, 2.45) is 5.92 Å². The van der Waals surface area contributed by atoms with Crippen LogP contribution in [0.5, 0.6) is 0 Å². The summed E-state index contributed by atoms with van der Waals surface area (Å²) in [6.07, 6.45) is 1.47. The zero-order chi connectivity index (χ0) is 11.1. The van der Waals surface area contributed by atoms with Crippen LogP contribution in [0.1, 0.15) is 48.0 Å².